The maximum Gasteiger partial charge on any atom is 0.194 e. The molecular weight excluding hydrogens is 407 g/mol. The Morgan fingerprint density at radius 2 is 1.39 bits per heavy atom. The second kappa shape index (κ2) is 9.13. The van der Waals surface area contributed by atoms with Gasteiger partial charge in [-0.1, -0.05) is 12.5 Å². The number of halogens is 5. The first-order valence-electron chi connectivity index (χ1n) is 11.1. The van der Waals surface area contributed by atoms with Gasteiger partial charge in [-0.25, -0.2) is 22.0 Å². The first-order valence-corrected chi connectivity index (χ1v) is 11.1. The Hall–Kier alpha value is -2.17. The molecule has 2 aromatic rings. The number of benzene rings is 2. The molecule has 31 heavy (non-hydrogen) atoms. The van der Waals surface area contributed by atoms with Crippen molar-refractivity contribution >= 4 is 0 Å². The zero-order valence-corrected chi connectivity index (χ0v) is 17.4. The summed E-state index contributed by atoms with van der Waals surface area (Å²) in [6.07, 6.45) is 10.7. The summed E-state index contributed by atoms with van der Waals surface area (Å²) in [7, 11) is 0. The quantitative estimate of drug-likeness (QED) is 0.252. The molecule has 0 saturated heterocycles. The Labute approximate surface area is 180 Å². The second-order valence-corrected chi connectivity index (χ2v) is 9.19. The molecule has 0 amide bonds. The Balaban J connectivity index is 1.51. The van der Waals surface area contributed by atoms with Crippen LogP contribution in [0.5, 0.6) is 0 Å². The molecule has 4 rings (SSSR count). The summed E-state index contributed by atoms with van der Waals surface area (Å²) in [6.45, 7) is 3.81. The van der Waals surface area contributed by atoms with Gasteiger partial charge in [0.25, 0.3) is 0 Å². The van der Waals surface area contributed by atoms with Crippen LogP contribution in [0.25, 0.3) is 11.1 Å². The normalized spacial score (nSPS) is 25.8. The predicted molar refractivity (Wildman–Crippen MR) is 112 cm³/mol. The molecule has 5 heteroatoms. The van der Waals surface area contributed by atoms with Crippen LogP contribution in [0.3, 0.4) is 0 Å². The van der Waals surface area contributed by atoms with Gasteiger partial charge in [-0.05, 0) is 104 Å². The number of hydrogen-bond donors (Lipinski definition) is 0. The molecule has 2 saturated carbocycles. The molecule has 0 bridgehead atoms. The van der Waals surface area contributed by atoms with Crippen molar-refractivity contribution in [2.45, 2.75) is 57.3 Å². The van der Waals surface area contributed by atoms with Crippen molar-refractivity contribution in [1.29, 1.82) is 0 Å². The van der Waals surface area contributed by atoms with E-state index in [1.807, 2.05) is 6.08 Å². The third kappa shape index (κ3) is 4.56. The minimum absolute atomic E-state index is 0.0747. The smallest absolute Gasteiger partial charge is 0.194 e. The lowest BCUT2D eigenvalue weighted by Gasteiger charge is -2.42. The minimum atomic E-state index is -1.66. The Kier molecular flexibility index (Phi) is 6.49. The van der Waals surface area contributed by atoms with E-state index < -0.39 is 34.6 Å². The lowest BCUT2D eigenvalue weighted by Crippen LogP contribution is -2.30. The molecule has 2 fully saturated rings. The molecule has 0 N–H and O–H groups in total. The Morgan fingerprint density at radius 1 is 0.774 bits per heavy atom. The average molecular weight is 434 g/mol. The van der Waals surface area contributed by atoms with Crippen LogP contribution in [0.4, 0.5) is 22.0 Å². The van der Waals surface area contributed by atoms with Gasteiger partial charge in [-0.15, -0.1) is 6.58 Å². The van der Waals surface area contributed by atoms with Crippen molar-refractivity contribution in [1.82, 2.24) is 0 Å². The van der Waals surface area contributed by atoms with E-state index in [0.29, 0.717) is 29.5 Å². The second-order valence-electron chi connectivity index (χ2n) is 9.19. The van der Waals surface area contributed by atoms with Crippen LogP contribution in [0.15, 0.2) is 36.9 Å². The van der Waals surface area contributed by atoms with Crippen LogP contribution in [0.1, 0.15) is 62.8 Å². The highest BCUT2D eigenvalue weighted by Gasteiger charge is 2.36. The largest absolute Gasteiger partial charge is 0.206 e. The zero-order chi connectivity index (χ0) is 22.1. The van der Waals surface area contributed by atoms with Gasteiger partial charge < -0.3 is 0 Å². The molecule has 2 aliphatic carbocycles. The van der Waals surface area contributed by atoms with Crippen molar-refractivity contribution in [2.75, 3.05) is 0 Å². The fourth-order valence-electron chi connectivity index (χ4n) is 5.71. The maximum atomic E-state index is 14.8. The number of allylic oxidation sites excluding steroid dienone is 1. The van der Waals surface area contributed by atoms with Crippen LogP contribution in [0, 0.1) is 46.8 Å². The molecule has 166 valence electrons. The average Bonchev–Trinajstić information content (AvgIpc) is 2.75. The van der Waals surface area contributed by atoms with E-state index >= 15 is 0 Å². The number of hydrogen-bond acceptors (Lipinski definition) is 0. The van der Waals surface area contributed by atoms with E-state index in [4.69, 9.17) is 0 Å². The van der Waals surface area contributed by atoms with Gasteiger partial charge in [-0.2, -0.15) is 0 Å². The molecule has 0 radical (unpaired) electrons. The molecule has 2 aliphatic rings. The molecule has 0 spiro atoms. The van der Waals surface area contributed by atoms with Gasteiger partial charge in [0.2, 0.25) is 0 Å². The van der Waals surface area contributed by atoms with Crippen LogP contribution >= 0.6 is 0 Å². The number of rotatable bonds is 5. The summed E-state index contributed by atoms with van der Waals surface area (Å²) >= 11 is 0. The summed E-state index contributed by atoms with van der Waals surface area (Å²) in [5.74, 6) is -4.28. The van der Waals surface area contributed by atoms with Gasteiger partial charge in [-0.3, -0.25) is 0 Å². The molecule has 2 aromatic carbocycles. The van der Waals surface area contributed by atoms with E-state index in [0.717, 1.165) is 38.0 Å². The third-order valence-corrected chi connectivity index (χ3v) is 7.31. The van der Waals surface area contributed by atoms with Gasteiger partial charge in [0.15, 0.2) is 17.5 Å². The van der Waals surface area contributed by atoms with E-state index in [2.05, 4.69) is 6.58 Å². The van der Waals surface area contributed by atoms with E-state index in [9.17, 15) is 22.0 Å². The first-order chi connectivity index (χ1) is 14.9. The van der Waals surface area contributed by atoms with Crippen molar-refractivity contribution < 1.29 is 22.0 Å². The van der Waals surface area contributed by atoms with Crippen LogP contribution in [0.2, 0.25) is 0 Å². The van der Waals surface area contributed by atoms with Gasteiger partial charge in [0.1, 0.15) is 11.6 Å². The molecular formula is C26H27F5. The topological polar surface area (TPSA) is 0 Å². The lowest BCUT2D eigenvalue weighted by atomic mass is 9.63. The van der Waals surface area contributed by atoms with Crippen molar-refractivity contribution in [3.05, 3.63) is 71.6 Å². The minimum Gasteiger partial charge on any atom is -0.206 e. The van der Waals surface area contributed by atoms with Crippen LogP contribution in [-0.4, -0.2) is 0 Å². The summed E-state index contributed by atoms with van der Waals surface area (Å²) < 4.78 is 70.0. The van der Waals surface area contributed by atoms with Crippen molar-refractivity contribution in [3.8, 4) is 11.1 Å². The Morgan fingerprint density at radius 3 is 2.03 bits per heavy atom. The monoisotopic (exact) mass is 434 g/mol. The SMILES string of the molecule is C=CCCC1CCC2CC(c3cc(F)c(-c4cc(F)c(F)c(F)c4)c(F)c3)CCC2C1. The highest BCUT2D eigenvalue weighted by Crippen LogP contribution is 2.48. The lowest BCUT2D eigenvalue weighted by molar-refractivity contribution is 0.115. The van der Waals surface area contributed by atoms with Gasteiger partial charge in [0, 0.05) is 0 Å². The summed E-state index contributed by atoms with van der Waals surface area (Å²) in [4.78, 5) is 0. The van der Waals surface area contributed by atoms with E-state index in [1.54, 1.807) is 0 Å². The van der Waals surface area contributed by atoms with Crippen LogP contribution < -0.4 is 0 Å². The predicted octanol–water partition coefficient (Wildman–Crippen LogP) is 8.32. The fourth-order valence-corrected chi connectivity index (χ4v) is 5.71. The first kappa shape index (κ1) is 22.0. The summed E-state index contributed by atoms with van der Waals surface area (Å²) in [5.41, 5.74) is -0.286. The van der Waals surface area contributed by atoms with Crippen molar-refractivity contribution in [3.63, 3.8) is 0 Å². The van der Waals surface area contributed by atoms with Gasteiger partial charge >= 0.3 is 0 Å². The highest BCUT2D eigenvalue weighted by molar-refractivity contribution is 5.65. The zero-order valence-electron chi connectivity index (χ0n) is 17.4. The molecule has 0 aliphatic heterocycles. The number of fused-ring (bicyclic) bond motifs is 1. The molecule has 4 unspecified atom stereocenters. The maximum absolute atomic E-state index is 14.8. The standard InChI is InChI=1S/C26H27F5/c1-2-3-4-15-5-6-17-10-18(8-7-16(17)9-15)19-11-21(27)25(22(28)12-19)20-13-23(29)26(31)24(30)14-20/h2,11-18H,1,3-10H2. The summed E-state index contributed by atoms with van der Waals surface area (Å²) in [6, 6.07) is 3.79. The van der Waals surface area contributed by atoms with Crippen LogP contribution in [-0.2, 0) is 0 Å². The third-order valence-electron chi connectivity index (χ3n) is 7.31. The molecule has 0 aromatic heterocycles. The van der Waals surface area contributed by atoms with E-state index in [-0.39, 0.29) is 11.5 Å². The summed E-state index contributed by atoms with van der Waals surface area (Å²) in [5, 5.41) is 0. The Bertz CT molecular complexity index is 920. The molecule has 0 nitrogen and oxygen atoms in total. The fraction of sp³-hybridized carbons (Fsp3) is 0.462. The van der Waals surface area contributed by atoms with E-state index in [1.165, 1.54) is 31.4 Å². The van der Waals surface area contributed by atoms with Gasteiger partial charge in [0.05, 0.1) is 5.56 Å². The van der Waals surface area contributed by atoms with Crippen molar-refractivity contribution in [2.24, 2.45) is 17.8 Å². The highest BCUT2D eigenvalue weighted by atomic mass is 19.2. The molecule has 4 atom stereocenters. The molecule has 0 heterocycles.